The fourth-order valence-electron chi connectivity index (χ4n) is 1.54. The molecular formula is C13H26N4O5. The van der Waals surface area contributed by atoms with Gasteiger partial charge in [-0.25, -0.2) is 4.79 Å². The Morgan fingerprint density at radius 1 is 1.27 bits per heavy atom. The summed E-state index contributed by atoms with van der Waals surface area (Å²) < 4.78 is 14.8. The Hall–Kier alpha value is -1.87. The second kappa shape index (κ2) is 12.8. The topological polar surface area (TPSA) is 138 Å². The van der Waals surface area contributed by atoms with Gasteiger partial charge in [-0.15, -0.1) is 0 Å². The van der Waals surface area contributed by atoms with E-state index in [0.717, 1.165) is 0 Å². The quantitative estimate of drug-likeness (QED) is 0.177. The largest absolute Gasteiger partial charge is 0.464 e. The first-order valence-corrected chi connectivity index (χ1v) is 7.09. The van der Waals surface area contributed by atoms with Crippen LogP contribution in [-0.4, -0.2) is 64.0 Å². The monoisotopic (exact) mass is 318 g/mol. The summed E-state index contributed by atoms with van der Waals surface area (Å²) in [5.41, 5.74) is 10.4. The smallest absolute Gasteiger partial charge is 0.328 e. The highest BCUT2D eigenvalue weighted by Crippen LogP contribution is 2.01. The molecule has 0 aromatic carbocycles. The molecule has 5 N–H and O–H groups in total. The van der Waals surface area contributed by atoms with Crippen LogP contribution in [0.3, 0.4) is 0 Å². The Bertz CT molecular complexity index is 358. The van der Waals surface area contributed by atoms with Gasteiger partial charge in [0, 0.05) is 13.7 Å². The van der Waals surface area contributed by atoms with Crippen LogP contribution in [-0.2, 0) is 23.8 Å². The molecule has 0 bridgehead atoms. The third-order valence-corrected chi connectivity index (χ3v) is 2.52. The predicted molar refractivity (Wildman–Crippen MR) is 81.2 cm³/mol. The lowest BCUT2D eigenvalue weighted by Gasteiger charge is -2.17. The molecule has 0 spiro atoms. The van der Waals surface area contributed by atoms with E-state index >= 15 is 0 Å². The molecule has 9 nitrogen and oxygen atoms in total. The molecule has 0 unspecified atom stereocenters. The third kappa shape index (κ3) is 10.9. The molecule has 9 heteroatoms. The summed E-state index contributed by atoms with van der Waals surface area (Å²) in [5, 5.41) is 2.58. The van der Waals surface area contributed by atoms with Gasteiger partial charge in [0.1, 0.15) is 12.6 Å². The third-order valence-electron chi connectivity index (χ3n) is 2.52. The lowest BCUT2D eigenvalue weighted by atomic mass is 10.1. The van der Waals surface area contributed by atoms with Gasteiger partial charge < -0.3 is 31.0 Å². The number of ether oxygens (including phenoxy) is 3. The van der Waals surface area contributed by atoms with Gasteiger partial charge in [-0.05, 0) is 19.8 Å². The number of esters is 1. The minimum atomic E-state index is -0.743. The summed E-state index contributed by atoms with van der Waals surface area (Å²) in [6.07, 6.45) is 0.908. The Balaban J connectivity index is 4.25. The van der Waals surface area contributed by atoms with Crippen molar-refractivity contribution in [2.45, 2.75) is 25.8 Å². The van der Waals surface area contributed by atoms with E-state index in [9.17, 15) is 9.59 Å². The highest BCUT2D eigenvalue weighted by atomic mass is 16.5. The normalized spacial score (nSPS) is 11.5. The van der Waals surface area contributed by atoms with E-state index in [-0.39, 0.29) is 19.2 Å². The van der Waals surface area contributed by atoms with Crippen molar-refractivity contribution in [3.63, 3.8) is 0 Å². The summed E-state index contributed by atoms with van der Waals surface area (Å²) >= 11 is 0. The van der Waals surface area contributed by atoms with Gasteiger partial charge in [0.25, 0.3) is 0 Å². The van der Waals surface area contributed by atoms with Crippen LogP contribution in [0.1, 0.15) is 19.8 Å². The first kappa shape index (κ1) is 20.1. The fourth-order valence-corrected chi connectivity index (χ4v) is 1.54. The summed E-state index contributed by atoms with van der Waals surface area (Å²) in [5.74, 6) is -0.892. The van der Waals surface area contributed by atoms with Gasteiger partial charge in [0.2, 0.25) is 5.91 Å². The zero-order valence-corrected chi connectivity index (χ0v) is 13.2. The molecule has 0 fully saturated rings. The SMILES string of the molecule is CCOC(=O)[C@H](CCCN=C(N)N)NC(=O)COCCOC. The Morgan fingerprint density at radius 3 is 2.59 bits per heavy atom. The van der Waals surface area contributed by atoms with Crippen LogP contribution in [0, 0.1) is 0 Å². The van der Waals surface area contributed by atoms with Gasteiger partial charge in [-0.1, -0.05) is 0 Å². The second-order valence-corrected chi connectivity index (χ2v) is 4.37. The van der Waals surface area contributed by atoms with Crippen LogP contribution in [0.2, 0.25) is 0 Å². The van der Waals surface area contributed by atoms with Gasteiger partial charge in [-0.3, -0.25) is 9.79 Å². The summed E-state index contributed by atoms with van der Waals surface area (Å²) in [6, 6.07) is -0.743. The van der Waals surface area contributed by atoms with Crippen LogP contribution in [0.25, 0.3) is 0 Å². The lowest BCUT2D eigenvalue weighted by molar-refractivity contribution is -0.148. The molecule has 0 saturated heterocycles. The highest BCUT2D eigenvalue weighted by molar-refractivity contribution is 5.85. The van der Waals surface area contributed by atoms with Crippen molar-refractivity contribution in [2.24, 2.45) is 16.5 Å². The molecule has 22 heavy (non-hydrogen) atoms. The van der Waals surface area contributed by atoms with Crippen molar-refractivity contribution in [1.82, 2.24) is 5.32 Å². The first-order valence-electron chi connectivity index (χ1n) is 7.09. The zero-order chi connectivity index (χ0) is 16.8. The molecule has 128 valence electrons. The predicted octanol–water partition coefficient (Wildman–Crippen LogP) is -1.25. The number of methoxy groups -OCH3 is 1. The second-order valence-electron chi connectivity index (χ2n) is 4.37. The maximum absolute atomic E-state index is 11.8. The summed E-state index contributed by atoms with van der Waals surface area (Å²) in [4.78, 5) is 27.3. The molecule has 0 aliphatic carbocycles. The van der Waals surface area contributed by atoms with E-state index < -0.39 is 17.9 Å². The molecule has 0 aliphatic rings. The van der Waals surface area contributed by atoms with Crippen molar-refractivity contribution in [3.05, 3.63) is 0 Å². The molecular weight excluding hydrogens is 292 g/mol. The molecule has 0 heterocycles. The standard InChI is InChI=1S/C13H26N4O5/c1-3-22-12(19)10(5-4-6-16-13(14)15)17-11(18)9-21-8-7-20-2/h10H,3-9H2,1-2H3,(H,17,18)(H4,14,15,16)/t10-/m0/s1. The number of carbonyl (C=O) groups is 2. The fraction of sp³-hybridized carbons (Fsp3) is 0.769. The van der Waals surface area contributed by atoms with E-state index in [1.54, 1.807) is 6.92 Å². The number of nitrogens with zero attached hydrogens (tertiary/aromatic N) is 1. The molecule has 1 amide bonds. The zero-order valence-electron chi connectivity index (χ0n) is 13.2. The maximum Gasteiger partial charge on any atom is 0.328 e. The van der Waals surface area contributed by atoms with Gasteiger partial charge in [-0.2, -0.15) is 0 Å². The molecule has 0 rings (SSSR count). The molecule has 0 aromatic heterocycles. The molecule has 0 aliphatic heterocycles. The van der Waals surface area contributed by atoms with E-state index in [4.69, 9.17) is 25.7 Å². The van der Waals surface area contributed by atoms with Gasteiger partial charge >= 0.3 is 5.97 Å². The van der Waals surface area contributed by atoms with Crippen molar-refractivity contribution in [1.29, 1.82) is 0 Å². The Kier molecular flexibility index (Phi) is 11.7. The van der Waals surface area contributed by atoms with E-state index in [2.05, 4.69) is 10.3 Å². The molecule has 1 atom stereocenters. The van der Waals surface area contributed by atoms with Crippen molar-refractivity contribution in [3.8, 4) is 0 Å². The van der Waals surface area contributed by atoms with E-state index in [1.807, 2.05) is 0 Å². The first-order chi connectivity index (χ1) is 10.5. The number of carbonyl (C=O) groups excluding carboxylic acids is 2. The number of hydrogen-bond acceptors (Lipinski definition) is 6. The lowest BCUT2D eigenvalue weighted by Crippen LogP contribution is -2.43. The summed E-state index contributed by atoms with van der Waals surface area (Å²) in [7, 11) is 1.54. The van der Waals surface area contributed by atoms with Crippen LogP contribution in [0.5, 0.6) is 0 Å². The van der Waals surface area contributed by atoms with Crippen LogP contribution < -0.4 is 16.8 Å². The Labute approximate surface area is 130 Å². The number of amides is 1. The number of aliphatic imine (C=N–C) groups is 1. The van der Waals surface area contributed by atoms with Crippen LogP contribution >= 0.6 is 0 Å². The number of guanidine groups is 1. The van der Waals surface area contributed by atoms with Crippen molar-refractivity contribution < 1.29 is 23.8 Å². The number of hydrogen-bond donors (Lipinski definition) is 3. The number of nitrogens with two attached hydrogens (primary N) is 2. The molecule has 0 aromatic rings. The summed E-state index contributed by atoms with van der Waals surface area (Å²) in [6.45, 7) is 2.87. The van der Waals surface area contributed by atoms with Crippen molar-refractivity contribution >= 4 is 17.8 Å². The average molecular weight is 318 g/mol. The van der Waals surface area contributed by atoms with E-state index in [0.29, 0.717) is 32.6 Å². The molecule has 0 saturated carbocycles. The number of rotatable bonds is 12. The van der Waals surface area contributed by atoms with Crippen molar-refractivity contribution in [2.75, 3.05) is 40.1 Å². The highest BCUT2D eigenvalue weighted by Gasteiger charge is 2.21. The van der Waals surface area contributed by atoms with E-state index in [1.165, 1.54) is 7.11 Å². The van der Waals surface area contributed by atoms with Gasteiger partial charge in [0.15, 0.2) is 5.96 Å². The minimum absolute atomic E-state index is 0.0109. The Morgan fingerprint density at radius 2 is 2.00 bits per heavy atom. The van der Waals surface area contributed by atoms with Crippen LogP contribution in [0.15, 0.2) is 4.99 Å². The maximum atomic E-state index is 11.8. The minimum Gasteiger partial charge on any atom is -0.464 e. The van der Waals surface area contributed by atoms with Gasteiger partial charge in [0.05, 0.1) is 19.8 Å². The molecule has 0 radical (unpaired) electrons. The van der Waals surface area contributed by atoms with Crippen LogP contribution in [0.4, 0.5) is 0 Å². The average Bonchev–Trinajstić information content (AvgIpc) is 2.46. The number of nitrogens with one attached hydrogen (secondary N) is 1.